The molecule has 0 spiro atoms. The van der Waals surface area contributed by atoms with E-state index in [1.165, 1.54) is 0 Å². The molecule has 0 saturated heterocycles. The third-order valence-corrected chi connectivity index (χ3v) is 1.29. The Morgan fingerprint density at radius 1 is 1.10 bits per heavy atom. The first-order valence-electron chi connectivity index (χ1n) is 3.37. The monoisotopic (exact) mass is 134 g/mol. The zero-order valence-corrected chi connectivity index (χ0v) is 6.29. The Bertz CT molecular complexity index is 132. The lowest BCUT2D eigenvalue weighted by atomic mass is 10.1. The quantitative estimate of drug-likeness (QED) is 0.400. The fourth-order valence-corrected chi connectivity index (χ4v) is 0.621. The molecule has 0 N–H and O–H groups in total. The van der Waals surface area contributed by atoms with Crippen molar-refractivity contribution in [3.63, 3.8) is 0 Å². The van der Waals surface area contributed by atoms with Gasteiger partial charge in [-0.3, -0.25) is 0 Å². The maximum Gasteiger partial charge on any atom is -0.00242 e. The van der Waals surface area contributed by atoms with Gasteiger partial charge >= 0.3 is 0 Å². The highest BCUT2D eigenvalue weighted by atomic mass is 14.0. The summed E-state index contributed by atoms with van der Waals surface area (Å²) in [4.78, 5) is 0. The van der Waals surface area contributed by atoms with Gasteiger partial charge < -0.3 is 0 Å². The van der Waals surface area contributed by atoms with Gasteiger partial charge in [0.15, 0.2) is 0 Å². The molecule has 54 valence electrons. The molecular weight excluding hydrogens is 120 g/mol. The SMILES string of the molecule is C=C/C=C\CC(C=C)C=C. The van der Waals surface area contributed by atoms with Gasteiger partial charge in [0.1, 0.15) is 0 Å². The summed E-state index contributed by atoms with van der Waals surface area (Å²) in [6, 6.07) is 0. The highest BCUT2D eigenvalue weighted by molar-refractivity contribution is 5.02. The van der Waals surface area contributed by atoms with E-state index < -0.39 is 0 Å². The lowest BCUT2D eigenvalue weighted by Gasteiger charge is -1.99. The largest absolute Gasteiger partial charge is 0.102 e. The standard InChI is InChI=1S/C10H14/c1-4-7-8-9-10(5-2)6-3/h4-8,10H,1-3,9H2/b8-7-. The summed E-state index contributed by atoms with van der Waals surface area (Å²) in [5.41, 5.74) is 0. The molecule has 0 heteroatoms. The van der Waals surface area contributed by atoms with Crippen LogP contribution >= 0.6 is 0 Å². The molecule has 0 rings (SSSR count). The molecule has 0 aliphatic carbocycles. The highest BCUT2D eigenvalue weighted by Crippen LogP contribution is 2.05. The Morgan fingerprint density at radius 2 is 1.70 bits per heavy atom. The number of hydrogen-bond donors (Lipinski definition) is 0. The molecule has 0 bridgehead atoms. The van der Waals surface area contributed by atoms with Crippen LogP contribution in [-0.4, -0.2) is 0 Å². The van der Waals surface area contributed by atoms with Crippen LogP contribution in [0.3, 0.4) is 0 Å². The summed E-state index contributed by atoms with van der Waals surface area (Å²) in [6.45, 7) is 10.9. The fourth-order valence-electron chi connectivity index (χ4n) is 0.621. The van der Waals surface area contributed by atoms with Gasteiger partial charge in [0, 0.05) is 0 Å². The van der Waals surface area contributed by atoms with Gasteiger partial charge in [-0.1, -0.05) is 37.0 Å². The van der Waals surface area contributed by atoms with Crippen LogP contribution in [0.2, 0.25) is 0 Å². The molecule has 0 radical (unpaired) electrons. The first-order valence-corrected chi connectivity index (χ1v) is 3.37. The zero-order chi connectivity index (χ0) is 7.82. The van der Waals surface area contributed by atoms with Crippen LogP contribution in [0.1, 0.15) is 6.42 Å². The smallest absolute Gasteiger partial charge is 0.00242 e. The molecule has 0 saturated carbocycles. The molecular formula is C10H14. The van der Waals surface area contributed by atoms with Crippen LogP contribution < -0.4 is 0 Å². The van der Waals surface area contributed by atoms with Gasteiger partial charge in [-0.2, -0.15) is 0 Å². The average Bonchev–Trinajstić information content (AvgIpc) is 1.99. The maximum atomic E-state index is 3.68. The van der Waals surface area contributed by atoms with Crippen LogP contribution in [0.15, 0.2) is 50.1 Å². The summed E-state index contributed by atoms with van der Waals surface area (Å²) in [5, 5.41) is 0. The molecule has 0 atom stereocenters. The first kappa shape index (κ1) is 8.96. The van der Waals surface area contributed by atoms with Crippen molar-refractivity contribution in [2.45, 2.75) is 6.42 Å². The molecule has 0 nitrogen and oxygen atoms in total. The first-order chi connectivity index (χ1) is 4.85. The summed E-state index contributed by atoms with van der Waals surface area (Å²) in [6.07, 6.45) is 10.5. The fraction of sp³-hybridized carbons (Fsp3) is 0.200. The van der Waals surface area contributed by atoms with Gasteiger partial charge in [-0.05, 0) is 12.3 Å². The van der Waals surface area contributed by atoms with Crippen molar-refractivity contribution < 1.29 is 0 Å². The summed E-state index contributed by atoms with van der Waals surface area (Å²) >= 11 is 0. The van der Waals surface area contributed by atoms with Gasteiger partial charge in [0.05, 0.1) is 0 Å². The van der Waals surface area contributed by atoms with Crippen molar-refractivity contribution in [3.05, 3.63) is 50.1 Å². The minimum Gasteiger partial charge on any atom is -0.102 e. The number of hydrogen-bond acceptors (Lipinski definition) is 0. The van der Waals surface area contributed by atoms with E-state index in [4.69, 9.17) is 0 Å². The second-order valence-electron chi connectivity index (χ2n) is 2.03. The summed E-state index contributed by atoms with van der Waals surface area (Å²) < 4.78 is 0. The second-order valence-corrected chi connectivity index (χ2v) is 2.03. The Balaban J connectivity index is 3.63. The molecule has 0 aromatic rings. The van der Waals surface area contributed by atoms with E-state index in [0.29, 0.717) is 5.92 Å². The predicted octanol–water partition coefficient (Wildman–Crippen LogP) is 3.11. The normalized spacial score (nSPS) is 10.1. The Morgan fingerprint density at radius 3 is 2.10 bits per heavy atom. The predicted molar refractivity (Wildman–Crippen MR) is 47.8 cm³/mol. The molecule has 0 fully saturated rings. The second kappa shape index (κ2) is 6.09. The lowest BCUT2D eigenvalue weighted by Crippen LogP contribution is -1.85. The van der Waals surface area contributed by atoms with Gasteiger partial charge in [0.2, 0.25) is 0 Å². The van der Waals surface area contributed by atoms with Crippen molar-refractivity contribution in [1.82, 2.24) is 0 Å². The van der Waals surface area contributed by atoms with E-state index in [1.807, 2.05) is 18.2 Å². The van der Waals surface area contributed by atoms with Crippen molar-refractivity contribution in [2.75, 3.05) is 0 Å². The number of rotatable bonds is 5. The minimum atomic E-state index is 0.399. The molecule has 10 heavy (non-hydrogen) atoms. The van der Waals surface area contributed by atoms with Crippen LogP contribution in [0.5, 0.6) is 0 Å². The molecule has 0 heterocycles. The van der Waals surface area contributed by atoms with Crippen molar-refractivity contribution >= 4 is 0 Å². The van der Waals surface area contributed by atoms with Gasteiger partial charge in [-0.25, -0.2) is 0 Å². The maximum absolute atomic E-state index is 3.68. The topological polar surface area (TPSA) is 0 Å². The Labute approximate surface area is 63.3 Å². The third kappa shape index (κ3) is 3.90. The Kier molecular flexibility index (Phi) is 5.45. The minimum absolute atomic E-state index is 0.399. The third-order valence-electron chi connectivity index (χ3n) is 1.29. The molecule has 0 unspecified atom stereocenters. The van der Waals surface area contributed by atoms with Crippen LogP contribution in [0.25, 0.3) is 0 Å². The lowest BCUT2D eigenvalue weighted by molar-refractivity contribution is 0.837. The number of allylic oxidation sites excluding steroid dienone is 5. The molecule has 0 aliphatic rings. The molecule has 0 amide bonds. The van der Waals surface area contributed by atoms with E-state index in [0.717, 1.165) is 6.42 Å². The van der Waals surface area contributed by atoms with Crippen molar-refractivity contribution in [2.24, 2.45) is 5.92 Å². The van der Waals surface area contributed by atoms with Crippen LogP contribution in [0, 0.1) is 5.92 Å². The molecule has 0 aromatic carbocycles. The highest BCUT2D eigenvalue weighted by Gasteiger charge is 1.91. The molecule has 0 aromatic heterocycles. The summed E-state index contributed by atoms with van der Waals surface area (Å²) in [7, 11) is 0. The van der Waals surface area contributed by atoms with Gasteiger partial charge in [0.25, 0.3) is 0 Å². The van der Waals surface area contributed by atoms with Crippen molar-refractivity contribution in [3.8, 4) is 0 Å². The van der Waals surface area contributed by atoms with E-state index in [9.17, 15) is 0 Å². The van der Waals surface area contributed by atoms with Crippen molar-refractivity contribution in [1.29, 1.82) is 0 Å². The van der Waals surface area contributed by atoms with E-state index in [1.54, 1.807) is 6.08 Å². The van der Waals surface area contributed by atoms with Crippen LogP contribution in [-0.2, 0) is 0 Å². The van der Waals surface area contributed by atoms with Crippen LogP contribution in [0.4, 0.5) is 0 Å². The average molecular weight is 134 g/mol. The molecule has 0 aliphatic heterocycles. The summed E-state index contributed by atoms with van der Waals surface area (Å²) in [5.74, 6) is 0.399. The Hall–Kier alpha value is -1.04. The van der Waals surface area contributed by atoms with E-state index >= 15 is 0 Å². The van der Waals surface area contributed by atoms with E-state index in [2.05, 4.69) is 25.8 Å². The van der Waals surface area contributed by atoms with Gasteiger partial charge in [-0.15, -0.1) is 13.2 Å². The van der Waals surface area contributed by atoms with E-state index in [-0.39, 0.29) is 0 Å². The zero-order valence-electron chi connectivity index (χ0n) is 6.29.